The molecule has 15 heavy (non-hydrogen) atoms. The molecule has 0 aromatic heterocycles. The first-order valence-electron chi connectivity index (χ1n) is 2.82. The van der Waals surface area contributed by atoms with E-state index in [1.807, 2.05) is 0 Å². The van der Waals surface area contributed by atoms with Crippen LogP contribution in [0.4, 0.5) is 43.9 Å². The fraction of sp³-hybridized carbons (Fsp3) is 0.600. The lowest BCUT2D eigenvalue weighted by atomic mass is 10.4. The zero-order valence-corrected chi connectivity index (χ0v) is 6.49. The highest BCUT2D eigenvalue weighted by Crippen LogP contribution is 2.35. The van der Waals surface area contributed by atoms with Crippen molar-refractivity contribution in [1.29, 1.82) is 0 Å². The molecule has 10 heteroatoms. The second-order valence-corrected chi connectivity index (χ2v) is 1.86. The van der Waals surface area contributed by atoms with E-state index in [0.29, 0.717) is 0 Å². The lowest BCUT2D eigenvalue weighted by molar-refractivity contribution is -0.286. The van der Waals surface area contributed by atoms with E-state index < -0.39 is 30.9 Å². The van der Waals surface area contributed by atoms with Gasteiger partial charge in [-0.3, -0.25) is 0 Å². The fourth-order valence-electron chi connectivity index (χ4n) is 0.0758. The number of hydrogen-bond acceptors (Lipinski definition) is 0. The Kier molecular flexibility index (Phi) is 6.38. The Morgan fingerprint density at radius 1 is 0.733 bits per heavy atom. The molecule has 0 nitrogen and oxygen atoms in total. The zero-order chi connectivity index (χ0) is 12.9. The molecule has 0 saturated carbocycles. The Labute approximate surface area is 76.2 Å². The van der Waals surface area contributed by atoms with E-state index in [2.05, 4.69) is 0 Å². The molecule has 0 aromatic carbocycles. The molecule has 0 bridgehead atoms. The minimum absolute atomic E-state index is 2.70. The molecular formula is C5H2F10. The molecule has 0 aromatic rings. The summed E-state index contributed by atoms with van der Waals surface area (Å²) in [6, 6.07) is 0. The third-order valence-electron chi connectivity index (χ3n) is 0.725. The Morgan fingerprint density at radius 2 is 1.00 bits per heavy atom. The van der Waals surface area contributed by atoms with Crippen LogP contribution in [0.5, 0.6) is 0 Å². The summed E-state index contributed by atoms with van der Waals surface area (Å²) in [6.45, 7) is -2.70. The monoisotopic (exact) mass is 252 g/mol. The van der Waals surface area contributed by atoms with Crippen LogP contribution >= 0.6 is 0 Å². The predicted octanol–water partition coefficient (Wildman–Crippen LogP) is 4.14. The van der Waals surface area contributed by atoms with Crippen molar-refractivity contribution in [3.8, 4) is 0 Å². The summed E-state index contributed by atoms with van der Waals surface area (Å²) in [5, 5.41) is 0. The van der Waals surface area contributed by atoms with Crippen molar-refractivity contribution in [2.75, 3.05) is 6.67 Å². The van der Waals surface area contributed by atoms with E-state index >= 15 is 0 Å². The lowest BCUT2D eigenvalue weighted by Gasteiger charge is -2.14. The molecule has 0 aliphatic heterocycles. The molecule has 0 spiro atoms. The Morgan fingerprint density at radius 3 is 1.00 bits per heavy atom. The largest absolute Gasteiger partial charge is 0.456 e. The van der Waals surface area contributed by atoms with Crippen molar-refractivity contribution in [2.24, 2.45) is 0 Å². The lowest BCUT2D eigenvalue weighted by Crippen LogP contribution is -2.38. The van der Waals surface area contributed by atoms with Gasteiger partial charge in [-0.2, -0.15) is 39.5 Å². The molecule has 0 rings (SSSR count). The summed E-state index contributed by atoms with van der Waals surface area (Å²) in [4.78, 5) is 0. The van der Waals surface area contributed by atoms with E-state index in [9.17, 15) is 43.9 Å². The maximum absolute atomic E-state index is 11.2. The van der Waals surface area contributed by atoms with Crippen molar-refractivity contribution in [2.45, 2.75) is 12.1 Å². The molecule has 0 unspecified atom stereocenters. The van der Waals surface area contributed by atoms with Gasteiger partial charge in [0.05, 0.1) is 0 Å². The highest BCUT2D eigenvalue weighted by atomic mass is 19.4. The Bertz CT molecular complexity index is 194. The summed E-state index contributed by atoms with van der Waals surface area (Å²) in [5.41, 5.74) is 0. The van der Waals surface area contributed by atoms with Crippen molar-refractivity contribution < 1.29 is 43.9 Å². The van der Waals surface area contributed by atoms with Crippen molar-refractivity contribution >= 4 is 0 Å². The summed E-state index contributed by atoms with van der Waals surface area (Å²) in [7, 11) is 0. The average Bonchev–Trinajstić information content (AvgIpc) is 2.03. The van der Waals surface area contributed by atoms with Gasteiger partial charge < -0.3 is 0 Å². The van der Waals surface area contributed by atoms with Gasteiger partial charge in [-0.15, -0.1) is 0 Å². The Hall–Kier alpha value is -0.960. The molecule has 0 N–H and O–H groups in total. The quantitative estimate of drug-likeness (QED) is 0.615. The number of rotatable bonds is 1. The number of hydrogen-bond donors (Lipinski definition) is 0. The van der Waals surface area contributed by atoms with Gasteiger partial charge in [0.2, 0.25) is 0 Å². The SMILES string of the molecule is FC(F)=C(F)F.FCC(F)(F)C(F)(F)F. The van der Waals surface area contributed by atoms with Gasteiger partial charge in [0.1, 0.15) is 0 Å². The van der Waals surface area contributed by atoms with E-state index in [-0.39, 0.29) is 0 Å². The van der Waals surface area contributed by atoms with Gasteiger partial charge >= 0.3 is 24.3 Å². The van der Waals surface area contributed by atoms with Crippen LogP contribution in [0.15, 0.2) is 12.2 Å². The van der Waals surface area contributed by atoms with E-state index in [1.54, 1.807) is 0 Å². The van der Waals surface area contributed by atoms with Crippen molar-refractivity contribution in [1.82, 2.24) is 0 Å². The Balaban J connectivity index is 0. The maximum atomic E-state index is 11.2. The first kappa shape index (κ1) is 16.5. The van der Waals surface area contributed by atoms with E-state index in [4.69, 9.17) is 0 Å². The second kappa shape index (κ2) is 5.81. The molecule has 0 aliphatic carbocycles. The van der Waals surface area contributed by atoms with Gasteiger partial charge in [-0.05, 0) is 0 Å². The van der Waals surface area contributed by atoms with Crippen LogP contribution in [-0.4, -0.2) is 18.8 Å². The van der Waals surface area contributed by atoms with E-state index in [0.717, 1.165) is 0 Å². The van der Waals surface area contributed by atoms with Crippen LogP contribution in [0.1, 0.15) is 0 Å². The zero-order valence-electron chi connectivity index (χ0n) is 6.49. The molecule has 0 radical (unpaired) electrons. The number of alkyl halides is 6. The summed E-state index contributed by atoms with van der Waals surface area (Å²) >= 11 is 0. The molecular weight excluding hydrogens is 250 g/mol. The van der Waals surface area contributed by atoms with Crippen LogP contribution in [0.2, 0.25) is 0 Å². The third kappa shape index (κ3) is 7.03. The second-order valence-electron chi connectivity index (χ2n) is 1.86. The predicted molar refractivity (Wildman–Crippen MR) is 28.4 cm³/mol. The smallest absolute Gasteiger partial charge is 0.244 e. The van der Waals surface area contributed by atoms with Crippen LogP contribution in [0.25, 0.3) is 0 Å². The summed E-state index contributed by atoms with van der Waals surface area (Å²) < 4.78 is 107. The van der Waals surface area contributed by atoms with E-state index in [1.165, 1.54) is 0 Å². The first-order chi connectivity index (χ1) is 6.45. The van der Waals surface area contributed by atoms with Crippen LogP contribution < -0.4 is 0 Å². The standard InChI is InChI=1S/C3H2F6.C2F4/c4-1-2(5,6)3(7,8)9;3-1(4)2(5)6/h1H2;. The van der Waals surface area contributed by atoms with Crippen molar-refractivity contribution in [3.63, 3.8) is 0 Å². The maximum Gasteiger partial charge on any atom is 0.456 e. The highest BCUT2D eigenvalue weighted by Gasteiger charge is 2.57. The van der Waals surface area contributed by atoms with Gasteiger partial charge in [-0.25, -0.2) is 4.39 Å². The molecule has 0 heterocycles. The number of halogens is 10. The minimum Gasteiger partial charge on any atom is -0.244 e. The van der Waals surface area contributed by atoms with Gasteiger partial charge in [0, 0.05) is 0 Å². The molecule has 92 valence electrons. The first-order valence-corrected chi connectivity index (χ1v) is 2.82. The average molecular weight is 252 g/mol. The molecule has 0 amide bonds. The van der Waals surface area contributed by atoms with Crippen LogP contribution in [-0.2, 0) is 0 Å². The normalized spacial score (nSPS) is 11.6. The molecule has 0 atom stereocenters. The topological polar surface area (TPSA) is 0 Å². The summed E-state index contributed by atoms with van der Waals surface area (Å²) in [5.74, 6) is -5.19. The fourth-order valence-corrected chi connectivity index (χ4v) is 0.0758. The van der Waals surface area contributed by atoms with Crippen LogP contribution in [0.3, 0.4) is 0 Å². The van der Waals surface area contributed by atoms with Gasteiger partial charge in [0.25, 0.3) is 0 Å². The van der Waals surface area contributed by atoms with Crippen molar-refractivity contribution in [3.05, 3.63) is 12.2 Å². The van der Waals surface area contributed by atoms with Gasteiger partial charge in [-0.1, -0.05) is 0 Å². The van der Waals surface area contributed by atoms with Gasteiger partial charge in [0.15, 0.2) is 6.67 Å². The minimum atomic E-state index is -5.76. The summed E-state index contributed by atoms with van der Waals surface area (Å²) in [6.07, 6.45) is -11.6. The molecule has 0 fully saturated rings. The van der Waals surface area contributed by atoms with Crippen LogP contribution in [0, 0.1) is 0 Å². The third-order valence-corrected chi connectivity index (χ3v) is 0.725. The molecule has 0 saturated heterocycles. The highest BCUT2D eigenvalue weighted by molar-refractivity contribution is 4.77. The molecule has 0 aliphatic rings.